The lowest BCUT2D eigenvalue weighted by molar-refractivity contribution is 0.624. The van der Waals surface area contributed by atoms with Crippen molar-refractivity contribution in [3.05, 3.63) is 35.6 Å². The van der Waals surface area contributed by atoms with Crippen LogP contribution in [0.4, 0.5) is 4.39 Å². The molecule has 1 aromatic rings. The van der Waals surface area contributed by atoms with Crippen molar-refractivity contribution < 1.29 is 4.39 Å². The lowest BCUT2D eigenvalue weighted by Gasteiger charge is -2.11. The molecule has 1 aromatic carbocycles. The molecule has 0 amide bonds. The summed E-state index contributed by atoms with van der Waals surface area (Å²) in [5.74, 6) is 2.47. The maximum Gasteiger partial charge on any atom is 0.123 e. The molecule has 0 fully saturated rings. The van der Waals surface area contributed by atoms with Crippen LogP contribution >= 0.6 is 0 Å². The van der Waals surface area contributed by atoms with Gasteiger partial charge in [-0.1, -0.05) is 12.1 Å². The largest absolute Gasteiger partial charge is 0.330 e. The maximum atomic E-state index is 12.6. The highest BCUT2D eigenvalue weighted by molar-refractivity contribution is 5.22. The monoisotopic (exact) mass is 177 g/mol. The van der Waals surface area contributed by atoms with E-state index in [4.69, 9.17) is 12.2 Å². The molecule has 0 aliphatic heterocycles. The van der Waals surface area contributed by atoms with Crippen molar-refractivity contribution in [2.45, 2.75) is 12.3 Å². The van der Waals surface area contributed by atoms with Crippen molar-refractivity contribution in [3.8, 4) is 12.3 Å². The zero-order chi connectivity index (χ0) is 9.68. The fourth-order valence-electron chi connectivity index (χ4n) is 1.21. The Hall–Kier alpha value is -1.33. The molecule has 0 spiro atoms. The minimum absolute atomic E-state index is 0.144. The van der Waals surface area contributed by atoms with Crippen molar-refractivity contribution in [2.24, 2.45) is 5.73 Å². The molecule has 13 heavy (non-hydrogen) atoms. The van der Waals surface area contributed by atoms with Gasteiger partial charge in [-0.2, -0.15) is 0 Å². The Balaban J connectivity index is 2.80. The van der Waals surface area contributed by atoms with Crippen LogP contribution in [0.5, 0.6) is 0 Å². The fraction of sp³-hybridized carbons (Fsp3) is 0.273. The summed E-state index contributed by atoms with van der Waals surface area (Å²) < 4.78 is 12.6. The Kier molecular flexibility index (Phi) is 3.48. The van der Waals surface area contributed by atoms with Crippen molar-refractivity contribution in [1.82, 2.24) is 0 Å². The molecule has 0 bridgehead atoms. The molecule has 1 atom stereocenters. The first kappa shape index (κ1) is 9.76. The van der Waals surface area contributed by atoms with Crippen molar-refractivity contribution >= 4 is 0 Å². The van der Waals surface area contributed by atoms with E-state index in [2.05, 4.69) is 5.92 Å². The second-order valence-electron chi connectivity index (χ2n) is 2.89. The van der Waals surface area contributed by atoms with Gasteiger partial charge in [0.15, 0.2) is 0 Å². The van der Waals surface area contributed by atoms with Gasteiger partial charge in [0.1, 0.15) is 5.82 Å². The lowest BCUT2D eigenvalue weighted by atomic mass is 9.96. The third-order valence-electron chi connectivity index (χ3n) is 1.99. The molecular formula is C11H12FN. The molecule has 2 N–H and O–H groups in total. The Labute approximate surface area is 77.8 Å². The second kappa shape index (κ2) is 4.64. The Bertz CT molecular complexity index is 297. The molecular weight excluding hydrogens is 165 g/mol. The fourth-order valence-corrected chi connectivity index (χ4v) is 1.21. The molecule has 1 rings (SSSR count). The van der Waals surface area contributed by atoms with Crippen LogP contribution in [-0.4, -0.2) is 6.54 Å². The van der Waals surface area contributed by atoms with E-state index in [0.29, 0.717) is 13.0 Å². The average molecular weight is 177 g/mol. The predicted octanol–water partition coefficient (Wildman–Crippen LogP) is 1.89. The molecule has 0 heterocycles. The maximum absolute atomic E-state index is 12.6. The summed E-state index contributed by atoms with van der Waals surface area (Å²) in [7, 11) is 0. The topological polar surface area (TPSA) is 26.0 Å². The third kappa shape index (κ3) is 2.57. The van der Waals surface area contributed by atoms with Crippen LogP contribution in [0.2, 0.25) is 0 Å². The summed E-state index contributed by atoms with van der Waals surface area (Å²) >= 11 is 0. The molecule has 0 radical (unpaired) electrons. The van der Waals surface area contributed by atoms with Crippen molar-refractivity contribution in [2.75, 3.05) is 6.54 Å². The van der Waals surface area contributed by atoms with E-state index < -0.39 is 0 Å². The number of halogens is 1. The van der Waals surface area contributed by atoms with Crippen LogP contribution in [0.1, 0.15) is 17.9 Å². The van der Waals surface area contributed by atoms with Gasteiger partial charge in [-0.3, -0.25) is 0 Å². The summed E-state index contributed by atoms with van der Waals surface area (Å²) in [5.41, 5.74) is 6.54. The van der Waals surface area contributed by atoms with Crippen LogP contribution in [0, 0.1) is 18.2 Å². The van der Waals surface area contributed by atoms with Gasteiger partial charge in [-0.05, 0) is 17.7 Å². The Morgan fingerprint density at radius 1 is 1.38 bits per heavy atom. The highest BCUT2D eigenvalue weighted by Crippen LogP contribution is 2.17. The lowest BCUT2D eigenvalue weighted by Crippen LogP contribution is -2.11. The summed E-state index contributed by atoms with van der Waals surface area (Å²) in [4.78, 5) is 0. The summed E-state index contributed by atoms with van der Waals surface area (Å²) in [6.45, 7) is 0.496. The molecule has 0 saturated carbocycles. The third-order valence-corrected chi connectivity index (χ3v) is 1.99. The van der Waals surface area contributed by atoms with E-state index >= 15 is 0 Å². The number of benzene rings is 1. The van der Waals surface area contributed by atoms with Crippen LogP contribution in [0.25, 0.3) is 0 Å². The van der Waals surface area contributed by atoms with Crippen molar-refractivity contribution in [3.63, 3.8) is 0 Å². The van der Waals surface area contributed by atoms with Crippen LogP contribution in [0.3, 0.4) is 0 Å². The van der Waals surface area contributed by atoms with Gasteiger partial charge < -0.3 is 5.73 Å². The normalized spacial score (nSPS) is 12.1. The first-order valence-corrected chi connectivity index (χ1v) is 4.17. The highest BCUT2D eigenvalue weighted by atomic mass is 19.1. The zero-order valence-electron chi connectivity index (χ0n) is 7.33. The number of nitrogens with two attached hydrogens (primary N) is 1. The van der Waals surface area contributed by atoms with Gasteiger partial charge in [0, 0.05) is 18.9 Å². The molecule has 0 aromatic heterocycles. The van der Waals surface area contributed by atoms with E-state index in [1.54, 1.807) is 12.1 Å². The smallest absolute Gasteiger partial charge is 0.123 e. The van der Waals surface area contributed by atoms with Gasteiger partial charge in [-0.25, -0.2) is 4.39 Å². The molecule has 68 valence electrons. The van der Waals surface area contributed by atoms with E-state index in [9.17, 15) is 4.39 Å². The van der Waals surface area contributed by atoms with E-state index in [1.807, 2.05) is 0 Å². The minimum Gasteiger partial charge on any atom is -0.330 e. The van der Waals surface area contributed by atoms with Gasteiger partial charge >= 0.3 is 0 Å². The van der Waals surface area contributed by atoms with Gasteiger partial charge in [-0.15, -0.1) is 12.3 Å². The first-order chi connectivity index (χ1) is 6.27. The van der Waals surface area contributed by atoms with Gasteiger partial charge in [0.2, 0.25) is 0 Å². The van der Waals surface area contributed by atoms with E-state index in [1.165, 1.54) is 12.1 Å². The minimum atomic E-state index is -0.236. The molecule has 0 aliphatic rings. The molecule has 1 unspecified atom stereocenters. The molecule has 0 aliphatic carbocycles. The highest BCUT2D eigenvalue weighted by Gasteiger charge is 2.07. The average Bonchev–Trinajstić information content (AvgIpc) is 2.16. The molecule has 2 heteroatoms. The predicted molar refractivity (Wildman–Crippen MR) is 51.6 cm³/mol. The Morgan fingerprint density at radius 3 is 2.46 bits per heavy atom. The van der Waals surface area contributed by atoms with Gasteiger partial charge in [0.05, 0.1) is 0 Å². The second-order valence-corrected chi connectivity index (χ2v) is 2.89. The van der Waals surface area contributed by atoms with Crippen LogP contribution < -0.4 is 5.73 Å². The SMILES string of the molecule is C#CCC(CN)c1ccc(F)cc1. The summed E-state index contributed by atoms with van der Waals surface area (Å²) in [5, 5.41) is 0. The number of hydrogen-bond donors (Lipinski definition) is 1. The van der Waals surface area contributed by atoms with E-state index in [-0.39, 0.29) is 11.7 Å². The van der Waals surface area contributed by atoms with E-state index in [0.717, 1.165) is 5.56 Å². The number of terminal acetylenes is 1. The zero-order valence-corrected chi connectivity index (χ0v) is 7.33. The standard InChI is InChI=1S/C11H12FN/c1-2-3-10(8-13)9-4-6-11(12)7-5-9/h1,4-7,10H,3,8,13H2. The summed E-state index contributed by atoms with van der Waals surface area (Å²) in [6, 6.07) is 6.30. The summed E-state index contributed by atoms with van der Waals surface area (Å²) in [6.07, 6.45) is 5.79. The quantitative estimate of drug-likeness (QED) is 0.701. The molecule has 1 nitrogen and oxygen atoms in total. The Morgan fingerprint density at radius 2 is 2.00 bits per heavy atom. The van der Waals surface area contributed by atoms with Crippen molar-refractivity contribution in [1.29, 1.82) is 0 Å². The van der Waals surface area contributed by atoms with Gasteiger partial charge in [0.25, 0.3) is 0 Å². The number of hydrogen-bond acceptors (Lipinski definition) is 1. The van der Waals surface area contributed by atoms with Crippen LogP contribution in [-0.2, 0) is 0 Å². The van der Waals surface area contributed by atoms with Crippen LogP contribution in [0.15, 0.2) is 24.3 Å². The molecule has 0 saturated heterocycles. The number of rotatable bonds is 3. The first-order valence-electron chi connectivity index (χ1n) is 4.17.